The number of methoxy groups -OCH3 is 1. The van der Waals surface area contributed by atoms with Crippen molar-refractivity contribution in [3.63, 3.8) is 0 Å². The lowest BCUT2D eigenvalue weighted by Crippen LogP contribution is -2.12. The fourth-order valence-corrected chi connectivity index (χ4v) is 3.24. The number of benzene rings is 2. The van der Waals surface area contributed by atoms with E-state index in [1.54, 1.807) is 30.5 Å². The lowest BCUT2D eigenvalue weighted by atomic mass is 10.1. The van der Waals surface area contributed by atoms with Crippen LogP contribution in [0.3, 0.4) is 0 Å². The summed E-state index contributed by atoms with van der Waals surface area (Å²) >= 11 is 1.35. The van der Waals surface area contributed by atoms with E-state index >= 15 is 0 Å². The molecule has 2 aromatic heterocycles. The number of aromatic nitrogens is 3. The second kappa shape index (κ2) is 5.99. The number of nitrogens with one attached hydrogen (secondary N) is 2. The lowest BCUT2D eigenvalue weighted by molar-refractivity contribution is 0.0588. The van der Waals surface area contributed by atoms with Crippen molar-refractivity contribution in [1.29, 1.82) is 0 Å². The molecule has 7 nitrogen and oxygen atoms in total. The van der Waals surface area contributed by atoms with Gasteiger partial charge in [0.1, 0.15) is 0 Å². The van der Waals surface area contributed by atoms with Crippen molar-refractivity contribution < 1.29 is 14.3 Å². The molecule has 8 heteroatoms. The summed E-state index contributed by atoms with van der Waals surface area (Å²) in [4.78, 5) is 31.2. The standard InChI is InChI=1S/C17H12N4O3S/c1-24-17(23)15-20-12-6-5-9(7-13(12)21-15)19-16(22)10-3-2-4-14-11(10)8-18-25-14/h2-8H,1H3,(H,19,22)(H,20,21). The van der Waals surface area contributed by atoms with Crippen molar-refractivity contribution in [2.24, 2.45) is 0 Å². The Morgan fingerprint density at radius 1 is 1.24 bits per heavy atom. The van der Waals surface area contributed by atoms with Crippen LogP contribution in [-0.4, -0.2) is 33.3 Å². The van der Waals surface area contributed by atoms with Gasteiger partial charge in [0.25, 0.3) is 5.91 Å². The first-order valence-electron chi connectivity index (χ1n) is 7.38. The van der Waals surface area contributed by atoms with E-state index in [4.69, 9.17) is 0 Å². The number of nitrogens with zero attached hydrogens (tertiary/aromatic N) is 2. The van der Waals surface area contributed by atoms with E-state index < -0.39 is 5.97 Å². The number of ether oxygens (including phenoxy) is 1. The molecule has 2 heterocycles. The van der Waals surface area contributed by atoms with E-state index in [0.29, 0.717) is 22.3 Å². The highest BCUT2D eigenvalue weighted by molar-refractivity contribution is 7.13. The van der Waals surface area contributed by atoms with Crippen LogP contribution in [0.25, 0.3) is 21.1 Å². The fraction of sp³-hybridized carbons (Fsp3) is 0.0588. The molecule has 0 radical (unpaired) electrons. The molecule has 0 fully saturated rings. The topological polar surface area (TPSA) is 97.0 Å². The third-order valence-corrected chi connectivity index (χ3v) is 4.53. The molecule has 4 rings (SSSR count). The molecule has 0 saturated heterocycles. The van der Waals surface area contributed by atoms with Crippen LogP contribution in [-0.2, 0) is 4.74 Å². The van der Waals surface area contributed by atoms with Crippen molar-refractivity contribution in [2.75, 3.05) is 12.4 Å². The summed E-state index contributed by atoms with van der Waals surface area (Å²) in [7, 11) is 1.29. The minimum Gasteiger partial charge on any atom is -0.463 e. The average Bonchev–Trinajstić information content (AvgIpc) is 3.26. The van der Waals surface area contributed by atoms with Crippen molar-refractivity contribution in [1.82, 2.24) is 14.3 Å². The number of carbonyl (C=O) groups is 2. The number of esters is 1. The Labute approximate surface area is 145 Å². The van der Waals surface area contributed by atoms with Crippen molar-refractivity contribution >= 4 is 50.2 Å². The van der Waals surface area contributed by atoms with Crippen LogP contribution in [0.1, 0.15) is 21.0 Å². The summed E-state index contributed by atoms with van der Waals surface area (Å²) in [6.45, 7) is 0. The molecular formula is C17H12N4O3S. The quantitative estimate of drug-likeness (QED) is 0.552. The number of carbonyl (C=O) groups excluding carboxylic acids is 2. The highest BCUT2D eigenvalue weighted by atomic mass is 32.1. The van der Waals surface area contributed by atoms with Crippen molar-refractivity contribution in [3.05, 3.63) is 54.0 Å². The van der Waals surface area contributed by atoms with Gasteiger partial charge in [-0.15, -0.1) is 0 Å². The summed E-state index contributed by atoms with van der Waals surface area (Å²) in [6.07, 6.45) is 1.69. The summed E-state index contributed by atoms with van der Waals surface area (Å²) in [5, 5.41) is 3.68. The Kier molecular flexibility index (Phi) is 3.66. The molecule has 0 atom stereocenters. The van der Waals surface area contributed by atoms with Gasteiger partial charge in [0.2, 0.25) is 5.82 Å². The molecule has 2 N–H and O–H groups in total. The molecule has 0 aliphatic heterocycles. The first-order chi connectivity index (χ1) is 12.2. The van der Waals surface area contributed by atoms with Crippen molar-refractivity contribution in [3.8, 4) is 0 Å². The second-order valence-electron chi connectivity index (χ2n) is 5.31. The first kappa shape index (κ1) is 15.3. The average molecular weight is 352 g/mol. The second-order valence-corrected chi connectivity index (χ2v) is 6.14. The number of fused-ring (bicyclic) bond motifs is 2. The van der Waals surface area contributed by atoms with E-state index in [2.05, 4.69) is 24.4 Å². The van der Waals surface area contributed by atoms with Gasteiger partial charge in [-0.3, -0.25) is 4.79 Å². The van der Waals surface area contributed by atoms with E-state index in [1.807, 2.05) is 12.1 Å². The predicted octanol–water partition coefficient (Wildman–Crippen LogP) is 3.21. The monoisotopic (exact) mass is 352 g/mol. The van der Waals surface area contributed by atoms with Gasteiger partial charge in [-0.05, 0) is 41.9 Å². The summed E-state index contributed by atoms with van der Waals surface area (Å²) in [5.74, 6) is -0.647. The van der Waals surface area contributed by atoms with E-state index in [9.17, 15) is 9.59 Å². The van der Waals surface area contributed by atoms with Crippen LogP contribution in [0.4, 0.5) is 5.69 Å². The largest absolute Gasteiger partial charge is 0.463 e. The zero-order chi connectivity index (χ0) is 17.4. The maximum atomic E-state index is 12.6. The third-order valence-electron chi connectivity index (χ3n) is 3.76. The molecule has 0 aliphatic carbocycles. The normalized spacial score (nSPS) is 10.9. The van der Waals surface area contributed by atoms with Crippen LogP contribution in [0, 0.1) is 0 Å². The Balaban J connectivity index is 1.65. The minimum atomic E-state index is -0.543. The molecule has 0 bridgehead atoms. The maximum absolute atomic E-state index is 12.6. The van der Waals surface area contributed by atoms with Crippen molar-refractivity contribution in [2.45, 2.75) is 0 Å². The van der Waals surface area contributed by atoms with E-state index in [-0.39, 0.29) is 11.7 Å². The Morgan fingerprint density at radius 3 is 2.96 bits per heavy atom. The third kappa shape index (κ3) is 2.72. The maximum Gasteiger partial charge on any atom is 0.374 e. The number of imidazole rings is 1. The first-order valence-corrected chi connectivity index (χ1v) is 8.16. The number of amides is 1. The van der Waals surface area contributed by atoms with Gasteiger partial charge >= 0.3 is 5.97 Å². The van der Waals surface area contributed by atoms with E-state index in [0.717, 1.165) is 10.1 Å². The lowest BCUT2D eigenvalue weighted by Gasteiger charge is -2.06. The summed E-state index contributed by atoms with van der Waals surface area (Å²) in [5.41, 5.74) is 2.40. The fourth-order valence-electron chi connectivity index (χ4n) is 2.57. The Bertz CT molecular complexity index is 1120. The summed E-state index contributed by atoms with van der Waals surface area (Å²) < 4.78 is 9.73. The molecule has 0 unspecified atom stereocenters. The predicted molar refractivity (Wildman–Crippen MR) is 95.0 cm³/mol. The molecule has 0 spiro atoms. The molecule has 1 amide bonds. The van der Waals surface area contributed by atoms with Crippen LogP contribution >= 0.6 is 11.5 Å². The minimum absolute atomic E-state index is 0.120. The number of rotatable bonds is 3. The van der Waals surface area contributed by atoms with Gasteiger partial charge in [-0.2, -0.15) is 4.37 Å². The number of hydrogen-bond donors (Lipinski definition) is 2. The van der Waals surface area contributed by atoms with Gasteiger partial charge in [-0.25, -0.2) is 9.78 Å². The van der Waals surface area contributed by atoms with Crippen LogP contribution in [0.15, 0.2) is 42.6 Å². The smallest absolute Gasteiger partial charge is 0.374 e. The number of aromatic amines is 1. The molecular weight excluding hydrogens is 340 g/mol. The van der Waals surface area contributed by atoms with Crippen LogP contribution in [0.5, 0.6) is 0 Å². The molecule has 25 heavy (non-hydrogen) atoms. The Morgan fingerprint density at radius 2 is 2.12 bits per heavy atom. The molecule has 0 saturated carbocycles. The van der Waals surface area contributed by atoms with Crippen LogP contribution in [0.2, 0.25) is 0 Å². The van der Waals surface area contributed by atoms with Crippen LogP contribution < -0.4 is 5.32 Å². The highest BCUT2D eigenvalue weighted by Gasteiger charge is 2.14. The SMILES string of the molecule is COC(=O)c1nc2ccc(NC(=O)c3cccc4sncc34)cc2[nH]1. The van der Waals surface area contributed by atoms with E-state index in [1.165, 1.54) is 18.6 Å². The highest BCUT2D eigenvalue weighted by Crippen LogP contribution is 2.23. The molecule has 0 aliphatic rings. The molecule has 124 valence electrons. The number of H-pyrrole nitrogens is 1. The van der Waals surface area contributed by atoms with Gasteiger partial charge in [0.15, 0.2) is 0 Å². The Hall–Kier alpha value is -3.26. The van der Waals surface area contributed by atoms with Gasteiger partial charge in [-0.1, -0.05) is 6.07 Å². The number of anilines is 1. The molecule has 4 aromatic rings. The molecule has 2 aromatic carbocycles. The van der Waals surface area contributed by atoms with Gasteiger partial charge in [0, 0.05) is 22.8 Å². The summed E-state index contributed by atoms with van der Waals surface area (Å²) in [6, 6.07) is 10.7. The van der Waals surface area contributed by atoms with Gasteiger partial charge in [0.05, 0.1) is 22.8 Å². The van der Waals surface area contributed by atoms with Gasteiger partial charge < -0.3 is 15.0 Å². The zero-order valence-electron chi connectivity index (χ0n) is 13.1. The number of hydrogen-bond acceptors (Lipinski definition) is 6. The zero-order valence-corrected chi connectivity index (χ0v) is 13.9.